The molecule has 0 aliphatic heterocycles. The molecular formula is C13H18. The highest BCUT2D eigenvalue weighted by atomic mass is 14.0. The number of hydrogen-bond donors (Lipinski definition) is 0. The molecule has 70 valence electrons. The van der Waals surface area contributed by atoms with Crippen LogP contribution in [0.25, 0.3) is 11.6 Å². The van der Waals surface area contributed by atoms with Crippen LogP contribution in [0.2, 0.25) is 0 Å². The highest BCUT2D eigenvalue weighted by Crippen LogP contribution is 2.05. The molecule has 13 heavy (non-hydrogen) atoms. The summed E-state index contributed by atoms with van der Waals surface area (Å²) in [6.45, 7) is 6.23. The Morgan fingerprint density at radius 2 is 1.77 bits per heavy atom. The second-order valence-electron chi connectivity index (χ2n) is 3.11. The third kappa shape index (κ3) is 2.21. The standard InChI is InChI=1S/C11H12.C2H6/c1-9-5-4-7-10-6-2-3-8-11(9)10;1-2/h2-3,6-8H,4-5H2,1H3;1-2H3. The Bertz CT molecular complexity index is 371. The van der Waals surface area contributed by atoms with Crippen molar-refractivity contribution in [3.05, 3.63) is 34.7 Å². The van der Waals surface area contributed by atoms with Gasteiger partial charge in [0.05, 0.1) is 0 Å². The van der Waals surface area contributed by atoms with Crippen LogP contribution in [0.15, 0.2) is 24.3 Å². The van der Waals surface area contributed by atoms with Crippen molar-refractivity contribution >= 4 is 11.6 Å². The van der Waals surface area contributed by atoms with E-state index >= 15 is 0 Å². The van der Waals surface area contributed by atoms with Gasteiger partial charge in [-0.05, 0) is 30.2 Å². The molecule has 0 aromatic heterocycles. The molecular weight excluding hydrogens is 156 g/mol. The molecule has 0 unspecified atom stereocenters. The Morgan fingerprint density at radius 3 is 2.46 bits per heavy atom. The zero-order valence-corrected chi connectivity index (χ0v) is 8.80. The van der Waals surface area contributed by atoms with E-state index in [-0.39, 0.29) is 0 Å². The van der Waals surface area contributed by atoms with Crippen LogP contribution in [0.3, 0.4) is 0 Å². The normalized spacial score (nSPS) is 13.6. The monoisotopic (exact) mass is 174 g/mol. The van der Waals surface area contributed by atoms with Gasteiger partial charge < -0.3 is 0 Å². The number of hydrogen-bond acceptors (Lipinski definition) is 0. The van der Waals surface area contributed by atoms with Gasteiger partial charge in [0.1, 0.15) is 0 Å². The molecule has 0 radical (unpaired) electrons. The van der Waals surface area contributed by atoms with Gasteiger partial charge in [0.15, 0.2) is 0 Å². The van der Waals surface area contributed by atoms with Gasteiger partial charge in [-0.1, -0.05) is 49.8 Å². The van der Waals surface area contributed by atoms with Gasteiger partial charge in [0.25, 0.3) is 0 Å². The van der Waals surface area contributed by atoms with Crippen LogP contribution < -0.4 is 10.4 Å². The van der Waals surface area contributed by atoms with E-state index in [1.165, 1.54) is 28.9 Å². The third-order valence-corrected chi connectivity index (χ3v) is 2.30. The average molecular weight is 174 g/mol. The van der Waals surface area contributed by atoms with E-state index in [2.05, 4.69) is 37.3 Å². The fraction of sp³-hybridized carbons (Fsp3) is 0.385. The van der Waals surface area contributed by atoms with E-state index in [9.17, 15) is 0 Å². The molecule has 0 saturated heterocycles. The summed E-state index contributed by atoms with van der Waals surface area (Å²) in [5.74, 6) is 0. The van der Waals surface area contributed by atoms with Crippen LogP contribution in [0.5, 0.6) is 0 Å². The lowest BCUT2D eigenvalue weighted by atomic mass is 10.0. The van der Waals surface area contributed by atoms with Gasteiger partial charge in [0.2, 0.25) is 0 Å². The van der Waals surface area contributed by atoms with Crippen LogP contribution in [0, 0.1) is 0 Å². The van der Waals surface area contributed by atoms with Crippen molar-refractivity contribution in [2.45, 2.75) is 33.6 Å². The lowest BCUT2D eigenvalue weighted by Gasteiger charge is -2.04. The lowest BCUT2D eigenvalue weighted by Crippen LogP contribution is -2.27. The summed E-state index contributed by atoms with van der Waals surface area (Å²) >= 11 is 0. The van der Waals surface area contributed by atoms with Crippen molar-refractivity contribution in [2.75, 3.05) is 0 Å². The predicted molar refractivity (Wildman–Crippen MR) is 59.8 cm³/mol. The first-order valence-electron chi connectivity index (χ1n) is 5.13. The third-order valence-electron chi connectivity index (χ3n) is 2.30. The quantitative estimate of drug-likeness (QED) is 0.567. The summed E-state index contributed by atoms with van der Waals surface area (Å²) in [5.41, 5.74) is 1.53. The Labute approximate surface area is 80.6 Å². The van der Waals surface area contributed by atoms with Crippen LogP contribution in [-0.4, -0.2) is 0 Å². The van der Waals surface area contributed by atoms with Gasteiger partial charge in [-0.25, -0.2) is 0 Å². The van der Waals surface area contributed by atoms with Crippen LogP contribution in [-0.2, 0) is 0 Å². The molecule has 1 aromatic carbocycles. The molecule has 2 rings (SSSR count). The maximum absolute atomic E-state index is 2.32. The summed E-state index contributed by atoms with van der Waals surface area (Å²) in [6, 6.07) is 8.62. The SMILES string of the molecule is CC.CC1=c2ccccc2=CCC1. The number of fused-ring (bicyclic) bond motifs is 1. The second kappa shape index (κ2) is 4.86. The van der Waals surface area contributed by atoms with Crippen molar-refractivity contribution in [1.82, 2.24) is 0 Å². The molecule has 0 heteroatoms. The van der Waals surface area contributed by atoms with Crippen LogP contribution in [0.1, 0.15) is 33.6 Å². The summed E-state index contributed by atoms with van der Waals surface area (Å²) in [6.07, 6.45) is 4.77. The highest BCUT2D eigenvalue weighted by molar-refractivity contribution is 5.48. The molecule has 0 amide bonds. The van der Waals surface area contributed by atoms with E-state index < -0.39 is 0 Å². The molecule has 0 spiro atoms. The smallest absolute Gasteiger partial charge is 0.0198 e. The van der Waals surface area contributed by atoms with Crippen molar-refractivity contribution < 1.29 is 0 Å². The fourth-order valence-corrected chi connectivity index (χ4v) is 1.64. The first kappa shape index (κ1) is 10.0. The molecule has 0 fully saturated rings. The fourth-order valence-electron chi connectivity index (χ4n) is 1.64. The van der Waals surface area contributed by atoms with Crippen molar-refractivity contribution in [1.29, 1.82) is 0 Å². The summed E-state index contributed by atoms with van der Waals surface area (Å²) in [4.78, 5) is 0. The van der Waals surface area contributed by atoms with E-state index in [0.717, 1.165) is 0 Å². The van der Waals surface area contributed by atoms with Gasteiger partial charge in [0, 0.05) is 0 Å². The average Bonchev–Trinajstić information content (AvgIpc) is 2.22. The number of rotatable bonds is 0. The Hall–Kier alpha value is -1.04. The lowest BCUT2D eigenvalue weighted by molar-refractivity contribution is 1.07. The Balaban J connectivity index is 0.000000396. The molecule has 1 aliphatic rings. The number of benzene rings is 1. The first-order valence-corrected chi connectivity index (χ1v) is 5.13. The van der Waals surface area contributed by atoms with Gasteiger partial charge in [-0.2, -0.15) is 0 Å². The minimum atomic E-state index is 1.21. The van der Waals surface area contributed by atoms with Gasteiger partial charge in [-0.3, -0.25) is 0 Å². The molecule has 0 nitrogen and oxygen atoms in total. The molecule has 0 saturated carbocycles. The van der Waals surface area contributed by atoms with Gasteiger partial charge >= 0.3 is 0 Å². The predicted octanol–water partition coefficient (Wildman–Crippen LogP) is 2.46. The maximum Gasteiger partial charge on any atom is -0.0198 e. The molecule has 0 atom stereocenters. The zero-order chi connectivity index (χ0) is 9.68. The van der Waals surface area contributed by atoms with Crippen molar-refractivity contribution in [3.63, 3.8) is 0 Å². The minimum Gasteiger partial charge on any atom is -0.0763 e. The largest absolute Gasteiger partial charge is 0.0763 e. The second-order valence-corrected chi connectivity index (χ2v) is 3.11. The van der Waals surface area contributed by atoms with Crippen molar-refractivity contribution in [3.8, 4) is 0 Å². The zero-order valence-electron chi connectivity index (χ0n) is 8.80. The highest BCUT2D eigenvalue weighted by Gasteiger charge is 1.96. The molecule has 0 heterocycles. The Kier molecular flexibility index (Phi) is 3.75. The van der Waals surface area contributed by atoms with Gasteiger partial charge in [-0.15, -0.1) is 0 Å². The topological polar surface area (TPSA) is 0 Å². The summed E-state index contributed by atoms with van der Waals surface area (Å²) in [5, 5.41) is 2.86. The molecule has 0 bridgehead atoms. The van der Waals surface area contributed by atoms with E-state index in [1.54, 1.807) is 0 Å². The summed E-state index contributed by atoms with van der Waals surface area (Å²) in [7, 11) is 0. The maximum atomic E-state index is 2.32. The van der Waals surface area contributed by atoms with E-state index in [0.29, 0.717) is 0 Å². The van der Waals surface area contributed by atoms with E-state index in [1.807, 2.05) is 13.8 Å². The van der Waals surface area contributed by atoms with E-state index in [4.69, 9.17) is 0 Å². The van der Waals surface area contributed by atoms with Crippen LogP contribution in [0.4, 0.5) is 0 Å². The minimum absolute atomic E-state index is 1.21. The first-order chi connectivity index (χ1) is 6.38. The Morgan fingerprint density at radius 1 is 1.08 bits per heavy atom. The summed E-state index contributed by atoms with van der Waals surface area (Å²) < 4.78 is 0. The van der Waals surface area contributed by atoms with Crippen LogP contribution >= 0.6 is 0 Å². The van der Waals surface area contributed by atoms with Crippen molar-refractivity contribution in [2.24, 2.45) is 0 Å². The molecule has 0 N–H and O–H groups in total. The molecule has 1 aromatic rings. The molecule has 1 aliphatic carbocycles.